The molecule has 0 saturated heterocycles. The quantitative estimate of drug-likeness (QED) is 0.570. The molecule has 0 bridgehead atoms. The third-order valence-electron chi connectivity index (χ3n) is 2.25. The summed E-state index contributed by atoms with van der Waals surface area (Å²) in [7, 11) is 0. The minimum Gasteiger partial charge on any atom is -0.241 e. The lowest BCUT2D eigenvalue weighted by Gasteiger charge is -2.04. The Labute approximate surface area is 94.2 Å². The fraction of sp³-hybridized carbons (Fsp3) is 0.154. The minimum absolute atomic E-state index is 0.908. The molecule has 1 nitrogen and oxygen atoms in total. The molecule has 0 N–H and O–H groups in total. The molecule has 15 heavy (non-hydrogen) atoms. The predicted molar refractivity (Wildman–Crippen MR) is 67.4 cm³/mol. The van der Waals surface area contributed by atoms with E-state index in [-0.39, 0.29) is 0 Å². The SMILES string of the molecule is C=CCSc1cc(C)c2ccccc2n1. The standard InChI is InChI=1S/C13H13NS/c1-3-8-15-13-9-10(2)11-6-4-5-7-12(11)14-13/h3-7,9H,1,8H2,2H3. The Hall–Kier alpha value is -1.28. The van der Waals surface area contributed by atoms with Gasteiger partial charge in [-0.3, -0.25) is 0 Å². The van der Waals surface area contributed by atoms with Crippen molar-refractivity contribution < 1.29 is 0 Å². The summed E-state index contributed by atoms with van der Waals surface area (Å²) in [6.45, 7) is 5.84. The molecular formula is C13H13NS. The van der Waals surface area contributed by atoms with E-state index in [1.807, 2.05) is 18.2 Å². The van der Waals surface area contributed by atoms with Crippen molar-refractivity contribution in [1.82, 2.24) is 4.98 Å². The number of benzene rings is 1. The van der Waals surface area contributed by atoms with Crippen LogP contribution in [0.15, 0.2) is 48.0 Å². The van der Waals surface area contributed by atoms with E-state index in [1.54, 1.807) is 11.8 Å². The first-order chi connectivity index (χ1) is 7.31. The summed E-state index contributed by atoms with van der Waals surface area (Å²) >= 11 is 1.72. The average Bonchev–Trinajstić information content (AvgIpc) is 2.26. The summed E-state index contributed by atoms with van der Waals surface area (Å²) in [5.41, 5.74) is 2.36. The van der Waals surface area contributed by atoms with Crippen molar-refractivity contribution in [1.29, 1.82) is 0 Å². The van der Waals surface area contributed by atoms with Gasteiger partial charge in [0.05, 0.1) is 10.5 Å². The lowest BCUT2D eigenvalue weighted by Crippen LogP contribution is -1.86. The van der Waals surface area contributed by atoms with E-state index in [0.29, 0.717) is 0 Å². The molecule has 0 radical (unpaired) electrons. The predicted octanol–water partition coefficient (Wildman–Crippen LogP) is 3.82. The number of thioether (sulfide) groups is 1. The van der Waals surface area contributed by atoms with Gasteiger partial charge in [-0.15, -0.1) is 18.3 Å². The number of para-hydroxylation sites is 1. The minimum atomic E-state index is 0.908. The number of hydrogen-bond acceptors (Lipinski definition) is 2. The van der Waals surface area contributed by atoms with Crippen LogP contribution >= 0.6 is 11.8 Å². The maximum Gasteiger partial charge on any atom is 0.0973 e. The first kappa shape index (κ1) is 10.2. The largest absolute Gasteiger partial charge is 0.241 e. The molecule has 0 aliphatic rings. The second-order valence-electron chi connectivity index (χ2n) is 3.39. The number of aromatic nitrogens is 1. The molecule has 0 unspecified atom stereocenters. The maximum absolute atomic E-state index is 4.59. The third-order valence-corrected chi connectivity index (χ3v) is 3.16. The van der Waals surface area contributed by atoms with Gasteiger partial charge in [0.15, 0.2) is 0 Å². The molecule has 1 aromatic carbocycles. The second-order valence-corrected chi connectivity index (χ2v) is 4.43. The highest BCUT2D eigenvalue weighted by atomic mass is 32.2. The highest BCUT2D eigenvalue weighted by Gasteiger charge is 2.01. The lowest BCUT2D eigenvalue weighted by molar-refractivity contribution is 1.17. The van der Waals surface area contributed by atoms with Crippen molar-refractivity contribution in [3.05, 3.63) is 48.6 Å². The van der Waals surface area contributed by atoms with Gasteiger partial charge in [-0.2, -0.15) is 0 Å². The zero-order chi connectivity index (χ0) is 10.7. The fourth-order valence-corrected chi connectivity index (χ4v) is 2.25. The Morgan fingerprint density at radius 2 is 2.20 bits per heavy atom. The van der Waals surface area contributed by atoms with Crippen molar-refractivity contribution in [2.45, 2.75) is 11.9 Å². The van der Waals surface area contributed by atoms with Crippen LogP contribution in [-0.4, -0.2) is 10.7 Å². The Bertz CT molecular complexity index is 491. The molecule has 76 valence electrons. The van der Waals surface area contributed by atoms with E-state index in [4.69, 9.17) is 0 Å². The molecular weight excluding hydrogens is 202 g/mol. The van der Waals surface area contributed by atoms with Crippen molar-refractivity contribution in [2.75, 3.05) is 5.75 Å². The Balaban J connectivity index is 2.47. The smallest absolute Gasteiger partial charge is 0.0973 e. The number of nitrogens with zero attached hydrogens (tertiary/aromatic N) is 1. The molecule has 0 spiro atoms. The van der Waals surface area contributed by atoms with E-state index in [9.17, 15) is 0 Å². The Morgan fingerprint density at radius 3 is 3.00 bits per heavy atom. The summed E-state index contributed by atoms with van der Waals surface area (Å²) in [6, 6.07) is 10.4. The van der Waals surface area contributed by atoms with Crippen LogP contribution in [0.3, 0.4) is 0 Å². The van der Waals surface area contributed by atoms with E-state index in [2.05, 4.69) is 36.7 Å². The van der Waals surface area contributed by atoms with Crippen molar-refractivity contribution in [3.8, 4) is 0 Å². The summed E-state index contributed by atoms with van der Waals surface area (Å²) < 4.78 is 0. The van der Waals surface area contributed by atoms with Crippen LogP contribution in [0.5, 0.6) is 0 Å². The van der Waals surface area contributed by atoms with Gasteiger partial charge in [0.25, 0.3) is 0 Å². The van der Waals surface area contributed by atoms with Crippen LogP contribution < -0.4 is 0 Å². The molecule has 0 amide bonds. The van der Waals surface area contributed by atoms with Crippen LogP contribution in [-0.2, 0) is 0 Å². The number of hydrogen-bond donors (Lipinski definition) is 0. The second kappa shape index (κ2) is 4.49. The molecule has 2 heteroatoms. The van der Waals surface area contributed by atoms with Gasteiger partial charge in [0.2, 0.25) is 0 Å². The van der Waals surface area contributed by atoms with E-state index in [1.165, 1.54) is 10.9 Å². The topological polar surface area (TPSA) is 12.9 Å². The molecule has 0 atom stereocenters. The highest BCUT2D eigenvalue weighted by Crippen LogP contribution is 2.23. The zero-order valence-corrected chi connectivity index (χ0v) is 9.55. The number of rotatable bonds is 3. The maximum atomic E-state index is 4.59. The van der Waals surface area contributed by atoms with Gasteiger partial charge in [-0.05, 0) is 24.6 Å². The van der Waals surface area contributed by atoms with Crippen LogP contribution in [0.4, 0.5) is 0 Å². The van der Waals surface area contributed by atoms with Crippen molar-refractivity contribution in [3.63, 3.8) is 0 Å². The molecule has 2 rings (SSSR count). The summed E-state index contributed by atoms with van der Waals surface area (Å²) in [4.78, 5) is 4.59. The molecule has 0 fully saturated rings. The lowest BCUT2D eigenvalue weighted by atomic mass is 10.1. The highest BCUT2D eigenvalue weighted by molar-refractivity contribution is 7.99. The Kier molecular flexibility index (Phi) is 3.07. The normalized spacial score (nSPS) is 10.5. The van der Waals surface area contributed by atoms with Gasteiger partial charge in [0.1, 0.15) is 0 Å². The van der Waals surface area contributed by atoms with Gasteiger partial charge in [-0.1, -0.05) is 24.3 Å². The third kappa shape index (κ3) is 2.21. The van der Waals surface area contributed by atoms with E-state index in [0.717, 1.165) is 16.3 Å². The van der Waals surface area contributed by atoms with E-state index < -0.39 is 0 Å². The van der Waals surface area contributed by atoms with Gasteiger partial charge < -0.3 is 0 Å². The van der Waals surface area contributed by atoms with Crippen LogP contribution in [0.2, 0.25) is 0 Å². The molecule has 0 saturated carbocycles. The van der Waals surface area contributed by atoms with E-state index >= 15 is 0 Å². The van der Waals surface area contributed by atoms with Crippen molar-refractivity contribution in [2.24, 2.45) is 0 Å². The summed E-state index contributed by atoms with van der Waals surface area (Å²) in [5.74, 6) is 0.908. The first-order valence-corrected chi connectivity index (χ1v) is 5.90. The van der Waals surface area contributed by atoms with Crippen LogP contribution in [0.25, 0.3) is 10.9 Å². The van der Waals surface area contributed by atoms with Crippen molar-refractivity contribution >= 4 is 22.7 Å². The molecule has 1 heterocycles. The molecule has 1 aromatic heterocycles. The summed E-state index contributed by atoms with van der Waals surface area (Å²) in [6.07, 6.45) is 1.90. The zero-order valence-electron chi connectivity index (χ0n) is 8.73. The number of aryl methyl sites for hydroxylation is 1. The summed E-state index contributed by atoms with van der Waals surface area (Å²) in [5, 5.41) is 2.31. The van der Waals surface area contributed by atoms with Gasteiger partial charge in [-0.25, -0.2) is 4.98 Å². The average molecular weight is 215 g/mol. The van der Waals surface area contributed by atoms with Gasteiger partial charge >= 0.3 is 0 Å². The number of fused-ring (bicyclic) bond motifs is 1. The van der Waals surface area contributed by atoms with Crippen LogP contribution in [0, 0.1) is 6.92 Å². The van der Waals surface area contributed by atoms with Gasteiger partial charge in [0, 0.05) is 11.1 Å². The fourth-order valence-electron chi connectivity index (χ4n) is 1.54. The Morgan fingerprint density at radius 1 is 1.40 bits per heavy atom. The first-order valence-electron chi connectivity index (χ1n) is 4.91. The molecule has 0 aliphatic heterocycles. The molecule has 0 aliphatic carbocycles. The molecule has 2 aromatic rings. The number of pyridine rings is 1. The van der Waals surface area contributed by atoms with Crippen LogP contribution in [0.1, 0.15) is 5.56 Å². The monoisotopic (exact) mass is 215 g/mol.